The number of carbonyl (C=O) groups excluding carboxylic acids is 8. The minimum atomic E-state index is -1.42. The number of phenolic OH excluding ortho intramolecular Hbond substituents is 3. The minimum absolute atomic E-state index is 0.0230. The summed E-state index contributed by atoms with van der Waals surface area (Å²) in [5.41, 5.74) is -1.02. The molecule has 0 heterocycles. The van der Waals surface area contributed by atoms with Crippen molar-refractivity contribution in [2.24, 2.45) is 10.8 Å². The van der Waals surface area contributed by atoms with Crippen molar-refractivity contribution in [1.82, 2.24) is 21.3 Å². The van der Waals surface area contributed by atoms with Crippen LogP contribution in [0.4, 0.5) is 17.1 Å². The molecule has 73 heavy (non-hydrogen) atoms. The van der Waals surface area contributed by atoms with E-state index in [4.69, 9.17) is 14.2 Å². The van der Waals surface area contributed by atoms with Crippen LogP contribution in [0.2, 0.25) is 0 Å². The molecule has 3 aromatic carbocycles. The second-order valence-corrected chi connectivity index (χ2v) is 19.1. The van der Waals surface area contributed by atoms with Gasteiger partial charge in [-0.3, -0.25) is 38.4 Å². The molecule has 0 aliphatic heterocycles. The smallest absolute Gasteiger partial charge is 0.226 e. The van der Waals surface area contributed by atoms with Crippen molar-refractivity contribution in [1.29, 1.82) is 0 Å². The fourth-order valence-corrected chi connectivity index (χ4v) is 7.27. The van der Waals surface area contributed by atoms with Gasteiger partial charge < -0.3 is 66.7 Å². The van der Waals surface area contributed by atoms with E-state index in [1.807, 2.05) is 27.7 Å². The van der Waals surface area contributed by atoms with E-state index in [0.29, 0.717) is 29.9 Å². The molecule has 0 radical (unpaired) electrons. The number of aromatic hydroxyl groups is 3. The number of anilines is 3. The standard InChI is InChI=1S/C52H73N7O14/c1-36(60)51(4,5)32-50(2,3)25-18-49(70)59-52(33-71-29-22-43(64)53-26-19-46(67)56-37-6-12-40(61)13-7-37,34-72-30-23-44(65)54-27-20-47(68)57-38-8-14-41(62)15-9-38)35-73-31-24-45(66)55-28-21-48(69)58-39-10-16-42(63)17-11-39/h6-17,61-63H,18-35H2,1-5H3,(H,53,64)(H,54,65)(H,55,66)(H,56,67)(H,57,68)(H,58,69)(H,59,70). The number of carbonyl (C=O) groups is 8. The topological polar surface area (TPSA) is 309 Å². The summed E-state index contributed by atoms with van der Waals surface area (Å²) < 4.78 is 18.0. The lowest BCUT2D eigenvalue weighted by Crippen LogP contribution is -2.59. The molecule has 0 aliphatic carbocycles. The van der Waals surface area contributed by atoms with E-state index in [2.05, 4.69) is 37.2 Å². The van der Waals surface area contributed by atoms with E-state index >= 15 is 0 Å². The summed E-state index contributed by atoms with van der Waals surface area (Å²) in [6, 6.07) is 17.8. The molecule has 21 nitrogen and oxygen atoms in total. The number of phenols is 3. The summed E-state index contributed by atoms with van der Waals surface area (Å²) in [7, 11) is 0. The molecule has 0 aliphatic rings. The van der Waals surface area contributed by atoms with Crippen molar-refractivity contribution in [2.45, 2.75) is 97.9 Å². The predicted molar refractivity (Wildman–Crippen MR) is 272 cm³/mol. The normalized spacial score (nSPS) is 11.5. The lowest BCUT2D eigenvalue weighted by atomic mass is 9.71. The van der Waals surface area contributed by atoms with Crippen LogP contribution < -0.4 is 37.2 Å². The Kier molecular flexibility index (Phi) is 25.3. The molecule has 0 bridgehead atoms. The van der Waals surface area contributed by atoms with Crippen molar-refractivity contribution >= 4 is 64.2 Å². The van der Waals surface area contributed by atoms with Crippen molar-refractivity contribution in [2.75, 3.05) is 75.2 Å². The Hall–Kier alpha value is -7.10. The molecule has 10 N–H and O–H groups in total. The molecular formula is C52H73N7O14. The van der Waals surface area contributed by atoms with Gasteiger partial charge in [0.2, 0.25) is 41.4 Å². The van der Waals surface area contributed by atoms with Gasteiger partial charge in [-0.05, 0) is 98.0 Å². The van der Waals surface area contributed by atoms with Gasteiger partial charge in [0.25, 0.3) is 0 Å². The highest BCUT2D eigenvalue weighted by molar-refractivity contribution is 5.92. The van der Waals surface area contributed by atoms with Crippen LogP contribution in [0, 0.1) is 10.8 Å². The quantitative estimate of drug-likeness (QED) is 0.0293. The first-order valence-electron chi connectivity index (χ1n) is 24.2. The van der Waals surface area contributed by atoms with Crippen LogP contribution >= 0.6 is 0 Å². The van der Waals surface area contributed by atoms with Crippen molar-refractivity contribution in [3.05, 3.63) is 72.8 Å². The molecule has 7 amide bonds. The molecule has 0 atom stereocenters. The zero-order chi connectivity index (χ0) is 53.9. The number of hydrogen-bond acceptors (Lipinski definition) is 14. The largest absolute Gasteiger partial charge is 0.508 e. The lowest BCUT2D eigenvalue weighted by Gasteiger charge is -2.36. The Bertz CT molecular complexity index is 2060. The maximum atomic E-state index is 13.9. The molecule has 0 saturated heterocycles. The highest BCUT2D eigenvalue weighted by Gasteiger charge is 2.36. The molecule has 0 saturated carbocycles. The number of amides is 7. The van der Waals surface area contributed by atoms with Gasteiger partial charge in [0.1, 0.15) is 28.6 Å². The Morgan fingerprint density at radius 2 is 0.753 bits per heavy atom. The number of benzene rings is 3. The summed E-state index contributed by atoms with van der Waals surface area (Å²) >= 11 is 0. The van der Waals surface area contributed by atoms with Gasteiger partial charge in [0.15, 0.2) is 0 Å². The molecule has 21 heteroatoms. The maximum absolute atomic E-state index is 13.9. The first kappa shape index (κ1) is 60.2. The van der Waals surface area contributed by atoms with Gasteiger partial charge in [-0.15, -0.1) is 0 Å². The van der Waals surface area contributed by atoms with Gasteiger partial charge in [0, 0.05) is 87.1 Å². The average molecular weight is 1020 g/mol. The van der Waals surface area contributed by atoms with Crippen LogP contribution in [0.5, 0.6) is 17.2 Å². The van der Waals surface area contributed by atoms with E-state index in [9.17, 15) is 53.7 Å². The lowest BCUT2D eigenvalue weighted by molar-refractivity contribution is -0.131. The molecule has 0 fully saturated rings. The van der Waals surface area contributed by atoms with Gasteiger partial charge in [-0.1, -0.05) is 27.7 Å². The monoisotopic (exact) mass is 1020 g/mol. The van der Waals surface area contributed by atoms with E-state index < -0.39 is 40.0 Å². The Balaban J connectivity index is 1.65. The number of ether oxygens (including phenoxy) is 3. The van der Waals surface area contributed by atoms with Gasteiger partial charge >= 0.3 is 0 Å². The van der Waals surface area contributed by atoms with E-state index in [0.717, 1.165) is 0 Å². The van der Waals surface area contributed by atoms with Crippen LogP contribution in [0.1, 0.15) is 92.4 Å². The molecule has 3 aromatic rings. The number of Topliss-reactive ketones (excluding diaryl/α,β-unsaturated/α-hetero) is 1. The van der Waals surface area contributed by atoms with Crippen molar-refractivity contribution < 1.29 is 67.9 Å². The predicted octanol–water partition coefficient (Wildman–Crippen LogP) is 4.43. The molecule has 3 rings (SSSR count). The Morgan fingerprint density at radius 3 is 1.05 bits per heavy atom. The van der Waals surface area contributed by atoms with Gasteiger partial charge in [-0.2, -0.15) is 0 Å². The molecular weight excluding hydrogens is 947 g/mol. The third-order valence-electron chi connectivity index (χ3n) is 11.3. The fraction of sp³-hybridized carbons (Fsp3) is 0.500. The first-order chi connectivity index (χ1) is 34.5. The van der Waals surface area contributed by atoms with E-state index in [-0.39, 0.29) is 145 Å². The zero-order valence-electron chi connectivity index (χ0n) is 42.5. The zero-order valence-corrected chi connectivity index (χ0v) is 42.5. The first-order valence-corrected chi connectivity index (χ1v) is 24.2. The van der Waals surface area contributed by atoms with Crippen LogP contribution in [-0.4, -0.2) is 127 Å². The average Bonchev–Trinajstić information content (AvgIpc) is 3.32. The highest BCUT2D eigenvalue weighted by Crippen LogP contribution is 2.37. The fourth-order valence-electron chi connectivity index (χ4n) is 7.27. The summed E-state index contributed by atoms with van der Waals surface area (Å²) in [6.45, 7) is 8.20. The summed E-state index contributed by atoms with van der Waals surface area (Å²) in [6.07, 6.45) is 0.529. The number of rotatable bonds is 34. The van der Waals surface area contributed by atoms with Crippen LogP contribution in [0.3, 0.4) is 0 Å². The Labute approximate surface area is 426 Å². The minimum Gasteiger partial charge on any atom is -0.508 e. The highest BCUT2D eigenvalue weighted by atomic mass is 16.5. The van der Waals surface area contributed by atoms with Crippen molar-refractivity contribution in [3.8, 4) is 17.2 Å². The second-order valence-electron chi connectivity index (χ2n) is 19.1. The van der Waals surface area contributed by atoms with E-state index in [1.165, 1.54) is 79.7 Å². The molecule has 0 unspecified atom stereocenters. The number of ketones is 1. The SMILES string of the molecule is CC(=O)C(C)(C)CC(C)(C)CCC(=O)NC(COCCC(=O)NCCC(=O)Nc1ccc(O)cc1)(COCCC(=O)NCCC(=O)Nc1ccc(O)cc1)COCCC(=O)NCCC(=O)Nc1ccc(O)cc1. The maximum Gasteiger partial charge on any atom is 0.226 e. The molecule has 0 aromatic heterocycles. The second kappa shape index (κ2) is 30.7. The third kappa shape index (κ3) is 25.7. The summed E-state index contributed by atoms with van der Waals surface area (Å²) in [5.74, 6) is -2.54. The molecule has 0 spiro atoms. The van der Waals surface area contributed by atoms with Crippen LogP contribution in [0.15, 0.2) is 72.8 Å². The van der Waals surface area contributed by atoms with E-state index in [1.54, 1.807) is 0 Å². The molecule has 400 valence electrons. The van der Waals surface area contributed by atoms with Gasteiger partial charge in [0.05, 0.1) is 39.6 Å². The number of nitrogens with one attached hydrogen (secondary N) is 7. The number of hydrogen-bond donors (Lipinski definition) is 10. The third-order valence-corrected chi connectivity index (χ3v) is 11.3. The summed E-state index contributed by atoms with van der Waals surface area (Å²) in [4.78, 5) is 102. The Morgan fingerprint density at radius 1 is 0.438 bits per heavy atom. The van der Waals surface area contributed by atoms with Crippen LogP contribution in [0.25, 0.3) is 0 Å². The van der Waals surface area contributed by atoms with Crippen LogP contribution in [-0.2, 0) is 52.6 Å². The van der Waals surface area contributed by atoms with Crippen molar-refractivity contribution in [3.63, 3.8) is 0 Å². The van der Waals surface area contributed by atoms with Gasteiger partial charge in [-0.25, -0.2) is 0 Å². The summed E-state index contributed by atoms with van der Waals surface area (Å²) in [5, 5.41) is 47.4.